The third kappa shape index (κ3) is 3.00. The molecule has 0 unspecified atom stereocenters. The maximum absolute atomic E-state index is 2.44. The molecule has 1 aliphatic carbocycles. The number of hydrogen-bond acceptors (Lipinski definition) is 0. The molecule has 0 N–H and O–H groups in total. The van der Waals surface area contributed by atoms with Crippen LogP contribution in [0.15, 0.2) is 30.3 Å². The zero-order chi connectivity index (χ0) is 12.5. The average Bonchev–Trinajstić information content (AvgIpc) is 2.29. The lowest BCUT2D eigenvalue weighted by atomic mass is 9.77. The molecule has 17 heavy (non-hydrogen) atoms. The average molecular weight is 228 g/mol. The van der Waals surface area contributed by atoms with Gasteiger partial charge < -0.3 is 0 Å². The summed E-state index contributed by atoms with van der Waals surface area (Å²) in [6, 6.07) is 9.14. The Hall–Kier alpha value is -1.04. The van der Waals surface area contributed by atoms with Crippen molar-refractivity contribution in [1.29, 1.82) is 0 Å². The van der Waals surface area contributed by atoms with Crippen molar-refractivity contribution in [3.8, 4) is 0 Å². The van der Waals surface area contributed by atoms with Crippen LogP contribution in [-0.2, 0) is 0 Å². The lowest BCUT2D eigenvalue weighted by Crippen LogP contribution is -2.14. The fraction of sp³-hybridized carbons (Fsp3) is 0.529. The maximum atomic E-state index is 2.44. The Morgan fingerprint density at radius 3 is 2.18 bits per heavy atom. The van der Waals surface area contributed by atoms with Gasteiger partial charge in [0.05, 0.1) is 0 Å². The minimum Gasteiger partial charge on any atom is -0.0802 e. The van der Waals surface area contributed by atoms with E-state index >= 15 is 0 Å². The van der Waals surface area contributed by atoms with Crippen LogP contribution in [0.5, 0.6) is 0 Å². The van der Waals surface area contributed by atoms with Crippen LogP contribution in [-0.4, -0.2) is 0 Å². The van der Waals surface area contributed by atoms with E-state index in [0.29, 0.717) is 11.3 Å². The van der Waals surface area contributed by atoms with E-state index in [9.17, 15) is 0 Å². The molecule has 0 bridgehead atoms. The van der Waals surface area contributed by atoms with E-state index in [-0.39, 0.29) is 0 Å². The summed E-state index contributed by atoms with van der Waals surface area (Å²) in [5.41, 5.74) is 4.90. The molecule has 1 aromatic rings. The molecule has 1 aliphatic rings. The highest BCUT2D eigenvalue weighted by Gasteiger charge is 2.21. The first kappa shape index (κ1) is 12.4. The molecule has 2 rings (SSSR count). The highest BCUT2D eigenvalue weighted by Crippen LogP contribution is 2.37. The number of hydrogen-bond donors (Lipinski definition) is 0. The topological polar surface area (TPSA) is 0 Å². The van der Waals surface area contributed by atoms with Gasteiger partial charge >= 0.3 is 0 Å². The molecule has 92 valence electrons. The second-order valence-corrected chi connectivity index (χ2v) is 6.37. The summed E-state index contributed by atoms with van der Waals surface area (Å²) >= 11 is 0. The van der Waals surface area contributed by atoms with E-state index in [1.54, 1.807) is 5.57 Å². The van der Waals surface area contributed by atoms with Crippen LogP contribution in [0.1, 0.15) is 64.0 Å². The lowest BCUT2D eigenvalue weighted by Gasteiger charge is -2.28. The van der Waals surface area contributed by atoms with E-state index in [1.165, 1.54) is 30.4 Å². The van der Waals surface area contributed by atoms with Crippen molar-refractivity contribution in [2.24, 2.45) is 5.41 Å². The summed E-state index contributed by atoms with van der Waals surface area (Å²) in [5, 5.41) is 0. The highest BCUT2D eigenvalue weighted by molar-refractivity contribution is 5.66. The van der Waals surface area contributed by atoms with Gasteiger partial charge in [-0.1, -0.05) is 58.0 Å². The Morgan fingerprint density at radius 2 is 1.71 bits per heavy atom. The van der Waals surface area contributed by atoms with Gasteiger partial charge in [0.15, 0.2) is 0 Å². The van der Waals surface area contributed by atoms with Crippen molar-refractivity contribution in [3.63, 3.8) is 0 Å². The zero-order valence-electron chi connectivity index (χ0n) is 11.6. The largest absolute Gasteiger partial charge is 0.0802 e. The van der Waals surface area contributed by atoms with Crippen LogP contribution in [0.3, 0.4) is 0 Å². The van der Waals surface area contributed by atoms with Crippen molar-refractivity contribution in [3.05, 3.63) is 41.5 Å². The summed E-state index contributed by atoms with van der Waals surface area (Å²) in [4.78, 5) is 0. The Morgan fingerprint density at radius 1 is 1.06 bits per heavy atom. The van der Waals surface area contributed by atoms with Gasteiger partial charge in [0.1, 0.15) is 0 Å². The van der Waals surface area contributed by atoms with Crippen LogP contribution in [0, 0.1) is 5.41 Å². The van der Waals surface area contributed by atoms with Crippen LogP contribution in [0.2, 0.25) is 0 Å². The lowest BCUT2D eigenvalue weighted by molar-refractivity contribution is 0.335. The molecule has 0 nitrogen and oxygen atoms in total. The van der Waals surface area contributed by atoms with Gasteiger partial charge in [0.25, 0.3) is 0 Å². The van der Waals surface area contributed by atoms with E-state index < -0.39 is 0 Å². The second-order valence-electron chi connectivity index (χ2n) is 6.37. The van der Waals surface area contributed by atoms with Gasteiger partial charge in [-0.2, -0.15) is 0 Å². The van der Waals surface area contributed by atoms with Crippen LogP contribution < -0.4 is 0 Å². The summed E-state index contributed by atoms with van der Waals surface area (Å²) in [5.74, 6) is 0.628. The van der Waals surface area contributed by atoms with Crippen molar-refractivity contribution < 1.29 is 0 Å². The van der Waals surface area contributed by atoms with Gasteiger partial charge in [0.2, 0.25) is 0 Å². The molecule has 0 heterocycles. The standard InChI is InChI=1S/C17H24/c1-13(2)14-5-7-15(8-6-14)16-9-11-17(3,4)12-10-16/h5-9,13H,10-12H2,1-4H3. The molecule has 0 heteroatoms. The molecule has 0 amide bonds. The molecular formula is C17H24. The quantitative estimate of drug-likeness (QED) is 0.635. The summed E-state index contributed by atoms with van der Waals surface area (Å²) in [7, 11) is 0. The first-order chi connectivity index (χ1) is 7.98. The smallest absolute Gasteiger partial charge is 0.0219 e. The molecule has 0 atom stereocenters. The number of rotatable bonds is 2. The van der Waals surface area contributed by atoms with Gasteiger partial charge in [-0.15, -0.1) is 0 Å². The Balaban J connectivity index is 2.16. The fourth-order valence-electron chi connectivity index (χ4n) is 2.42. The maximum Gasteiger partial charge on any atom is -0.0219 e. The minimum absolute atomic E-state index is 0.501. The molecule has 0 aliphatic heterocycles. The summed E-state index contributed by atoms with van der Waals surface area (Å²) < 4.78 is 0. The number of benzene rings is 1. The monoisotopic (exact) mass is 228 g/mol. The Labute approximate surface area is 106 Å². The molecule has 1 aromatic carbocycles. The number of allylic oxidation sites excluding steroid dienone is 2. The van der Waals surface area contributed by atoms with E-state index in [0.717, 1.165) is 0 Å². The molecule has 0 spiro atoms. The zero-order valence-corrected chi connectivity index (χ0v) is 11.6. The first-order valence-electron chi connectivity index (χ1n) is 6.77. The third-order valence-electron chi connectivity index (χ3n) is 3.92. The molecule has 0 fully saturated rings. The van der Waals surface area contributed by atoms with Gasteiger partial charge in [-0.3, -0.25) is 0 Å². The van der Waals surface area contributed by atoms with Crippen molar-refractivity contribution in [2.75, 3.05) is 0 Å². The minimum atomic E-state index is 0.501. The van der Waals surface area contributed by atoms with Gasteiger partial charge in [0, 0.05) is 0 Å². The predicted octanol–water partition coefficient (Wildman–Crippen LogP) is 5.40. The molecular weight excluding hydrogens is 204 g/mol. The SMILES string of the molecule is CC(C)c1ccc(C2=CCC(C)(C)CC2)cc1. The van der Waals surface area contributed by atoms with E-state index in [2.05, 4.69) is 58.0 Å². The Bertz CT molecular complexity index is 404. The van der Waals surface area contributed by atoms with Crippen LogP contribution >= 0.6 is 0 Å². The predicted molar refractivity (Wildman–Crippen MR) is 76.1 cm³/mol. The van der Waals surface area contributed by atoms with Crippen LogP contribution in [0.4, 0.5) is 0 Å². The van der Waals surface area contributed by atoms with E-state index in [1.807, 2.05) is 0 Å². The van der Waals surface area contributed by atoms with Crippen molar-refractivity contribution in [1.82, 2.24) is 0 Å². The van der Waals surface area contributed by atoms with Gasteiger partial charge in [-0.05, 0) is 47.3 Å². The summed E-state index contributed by atoms with van der Waals surface area (Å²) in [6.07, 6.45) is 6.20. The molecule has 0 saturated carbocycles. The third-order valence-corrected chi connectivity index (χ3v) is 3.92. The van der Waals surface area contributed by atoms with Crippen molar-refractivity contribution >= 4 is 5.57 Å². The van der Waals surface area contributed by atoms with Crippen LogP contribution in [0.25, 0.3) is 5.57 Å². The van der Waals surface area contributed by atoms with Gasteiger partial charge in [-0.25, -0.2) is 0 Å². The first-order valence-corrected chi connectivity index (χ1v) is 6.77. The normalized spacial score (nSPS) is 19.2. The summed E-state index contributed by atoms with van der Waals surface area (Å²) in [6.45, 7) is 9.22. The molecule has 0 radical (unpaired) electrons. The fourth-order valence-corrected chi connectivity index (χ4v) is 2.42. The second kappa shape index (κ2) is 4.68. The van der Waals surface area contributed by atoms with Crippen molar-refractivity contribution in [2.45, 2.75) is 52.9 Å². The highest BCUT2D eigenvalue weighted by atomic mass is 14.3. The molecule has 0 aromatic heterocycles. The Kier molecular flexibility index (Phi) is 3.42. The van der Waals surface area contributed by atoms with E-state index in [4.69, 9.17) is 0 Å². The molecule has 0 saturated heterocycles.